The molecule has 0 amide bonds. The second-order valence-electron chi connectivity index (χ2n) is 4.35. The molecule has 104 valence electrons. The van der Waals surface area contributed by atoms with E-state index in [-0.39, 0.29) is 18.4 Å². The Morgan fingerprint density at radius 1 is 1.47 bits per heavy atom. The summed E-state index contributed by atoms with van der Waals surface area (Å²) in [5, 5.41) is 10.1. The summed E-state index contributed by atoms with van der Waals surface area (Å²) in [5.74, 6) is 0.301. The van der Waals surface area contributed by atoms with Crippen LogP contribution in [0.2, 0.25) is 0 Å². The SMILES string of the molecule is CC(c1cccc(O)c1)N(C)Cc1cnc(N)s1.Cl. The number of nitrogens with zero attached hydrogens (tertiary/aromatic N) is 2. The number of halogens is 1. The summed E-state index contributed by atoms with van der Waals surface area (Å²) in [7, 11) is 2.05. The Morgan fingerprint density at radius 3 is 2.79 bits per heavy atom. The molecule has 1 atom stereocenters. The fraction of sp³-hybridized carbons (Fsp3) is 0.308. The summed E-state index contributed by atoms with van der Waals surface area (Å²) in [6.07, 6.45) is 1.81. The zero-order valence-electron chi connectivity index (χ0n) is 10.9. The molecule has 1 aromatic heterocycles. The molecule has 0 radical (unpaired) electrons. The van der Waals surface area contributed by atoms with Crippen LogP contribution >= 0.6 is 23.7 Å². The second-order valence-corrected chi connectivity index (χ2v) is 5.50. The van der Waals surface area contributed by atoms with Crippen molar-refractivity contribution in [2.45, 2.75) is 19.5 Å². The van der Waals surface area contributed by atoms with Gasteiger partial charge in [0.1, 0.15) is 5.75 Å². The van der Waals surface area contributed by atoms with Crippen LogP contribution in [0.25, 0.3) is 0 Å². The smallest absolute Gasteiger partial charge is 0.180 e. The Bertz CT molecular complexity index is 532. The highest BCUT2D eigenvalue weighted by Crippen LogP contribution is 2.25. The molecule has 19 heavy (non-hydrogen) atoms. The van der Waals surface area contributed by atoms with Gasteiger partial charge in [-0.2, -0.15) is 0 Å². The van der Waals surface area contributed by atoms with E-state index >= 15 is 0 Å². The minimum Gasteiger partial charge on any atom is -0.508 e. The number of benzene rings is 1. The lowest BCUT2D eigenvalue weighted by Gasteiger charge is -2.24. The third-order valence-electron chi connectivity index (χ3n) is 2.99. The molecule has 1 heterocycles. The van der Waals surface area contributed by atoms with Crippen molar-refractivity contribution in [3.8, 4) is 5.75 Å². The van der Waals surface area contributed by atoms with Crippen LogP contribution in [-0.4, -0.2) is 22.0 Å². The Labute approximate surface area is 123 Å². The van der Waals surface area contributed by atoms with Gasteiger partial charge in [-0.15, -0.1) is 23.7 Å². The molecule has 0 spiro atoms. The number of anilines is 1. The first kappa shape index (κ1) is 15.8. The molecule has 0 aliphatic rings. The fourth-order valence-corrected chi connectivity index (χ4v) is 2.57. The Balaban J connectivity index is 0.00000180. The molecule has 0 bridgehead atoms. The molecule has 1 aromatic carbocycles. The van der Waals surface area contributed by atoms with Crippen LogP contribution in [0.4, 0.5) is 5.13 Å². The summed E-state index contributed by atoms with van der Waals surface area (Å²) in [4.78, 5) is 7.38. The van der Waals surface area contributed by atoms with Crippen molar-refractivity contribution < 1.29 is 5.11 Å². The average Bonchev–Trinajstić information content (AvgIpc) is 2.73. The molecular formula is C13H18ClN3OS. The minimum atomic E-state index is 0. The maximum Gasteiger partial charge on any atom is 0.180 e. The summed E-state index contributed by atoms with van der Waals surface area (Å²) in [6.45, 7) is 2.91. The quantitative estimate of drug-likeness (QED) is 0.911. The van der Waals surface area contributed by atoms with Gasteiger partial charge in [0, 0.05) is 23.7 Å². The van der Waals surface area contributed by atoms with Crippen molar-refractivity contribution in [3.05, 3.63) is 40.9 Å². The first-order valence-electron chi connectivity index (χ1n) is 5.75. The number of hydrogen-bond acceptors (Lipinski definition) is 5. The molecule has 0 fully saturated rings. The average molecular weight is 300 g/mol. The maximum atomic E-state index is 9.49. The van der Waals surface area contributed by atoms with Gasteiger partial charge >= 0.3 is 0 Å². The number of phenolic OH excluding ortho intramolecular Hbond substituents is 1. The zero-order valence-corrected chi connectivity index (χ0v) is 12.5. The fourth-order valence-electron chi connectivity index (χ4n) is 1.82. The van der Waals surface area contributed by atoms with Gasteiger partial charge in [-0.05, 0) is 31.7 Å². The van der Waals surface area contributed by atoms with Crippen molar-refractivity contribution >= 4 is 28.9 Å². The number of rotatable bonds is 4. The number of nitrogen functional groups attached to an aromatic ring is 1. The van der Waals surface area contributed by atoms with Crippen molar-refractivity contribution in [2.24, 2.45) is 0 Å². The predicted molar refractivity (Wildman–Crippen MR) is 81.8 cm³/mol. The Morgan fingerprint density at radius 2 is 2.21 bits per heavy atom. The van der Waals surface area contributed by atoms with Crippen LogP contribution in [0, 0.1) is 0 Å². The number of nitrogens with two attached hydrogens (primary N) is 1. The molecule has 0 saturated heterocycles. The molecule has 3 N–H and O–H groups in total. The molecule has 0 aliphatic carbocycles. The third kappa shape index (κ3) is 4.09. The first-order valence-corrected chi connectivity index (χ1v) is 6.57. The molecular weight excluding hydrogens is 282 g/mol. The number of aromatic hydroxyl groups is 1. The lowest BCUT2D eigenvalue weighted by molar-refractivity contribution is 0.254. The lowest BCUT2D eigenvalue weighted by Crippen LogP contribution is -2.21. The first-order chi connectivity index (χ1) is 8.56. The molecule has 2 rings (SSSR count). The van der Waals surface area contributed by atoms with Gasteiger partial charge in [0.15, 0.2) is 5.13 Å². The van der Waals surface area contributed by atoms with Crippen LogP contribution in [0.3, 0.4) is 0 Å². The number of phenols is 1. The third-order valence-corrected chi connectivity index (χ3v) is 3.80. The molecule has 2 aromatic rings. The summed E-state index contributed by atoms with van der Waals surface area (Å²) in [6, 6.07) is 7.57. The largest absolute Gasteiger partial charge is 0.508 e. The van der Waals surface area contributed by atoms with E-state index in [4.69, 9.17) is 5.73 Å². The lowest BCUT2D eigenvalue weighted by atomic mass is 10.1. The van der Waals surface area contributed by atoms with E-state index in [1.807, 2.05) is 25.4 Å². The minimum absolute atomic E-state index is 0. The van der Waals surface area contributed by atoms with Gasteiger partial charge in [-0.25, -0.2) is 4.98 Å². The van der Waals surface area contributed by atoms with Gasteiger partial charge in [0.25, 0.3) is 0 Å². The van der Waals surface area contributed by atoms with E-state index in [1.54, 1.807) is 12.1 Å². The molecule has 6 heteroatoms. The standard InChI is InChI=1S/C13H17N3OS.ClH/c1-9(10-4-3-5-11(17)6-10)16(2)8-12-7-15-13(14)18-12;/h3-7,9,17H,8H2,1-2H3,(H2,14,15);1H. The van der Waals surface area contributed by atoms with Gasteiger partial charge in [0.2, 0.25) is 0 Å². The van der Waals surface area contributed by atoms with Crippen LogP contribution in [-0.2, 0) is 6.54 Å². The summed E-state index contributed by atoms with van der Waals surface area (Å²) < 4.78 is 0. The second kappa shape index (κ2) is 6.75. The van der Waals surface area contributed by atoms with Gasteiger partial charge in [0.05, 0.1) is 0 Å². The molecule has 4 nitrogen and oxygen atoms in total. The van der Waals surface area contributed by atoms with Crippen molar-refractivity contribution in [1.82, 2.24) is 9.88 Å². The maximum absolute atomic E-state index is 9.49. The molecule has 0 aliphatic heterocycles. The van der Waals surface area contributed by atoms with Gasteiger partial charge in [-0.3, -0.25) is 4.90 Å². The Hall–Kier alpha value is -1.30. The highest BCUT2D eigenvalue weighted by Gasteiger charge is 2.13. The number of hydrogen-bond donors (Lipinski definition) is 2. The van der Waals surface area contributed by atoms with Crippen LogP contribution in [0.15, 0.2) is 30.5 Å². The highest BCUT2D eigenvalue weighted by molar-refractivity contribution is 7.15. The van der Waals surface area contributed by atoms with Crippen molar-refractivity contribution in [2.75, 3.05) is 12.8 Å². The monoisotopic (exact) mass is 299 g/mol. The van der Waals surface area contributed by atoms with Crippen LogP contribution in [0.5, 0.6) is 5.75 Å². The van der Waals surface area contributed by atoms with E-state index in [0.29, 0.717) is 10.9 Å². The molecule has 1 unspecified atom stereocenters. The van der Waals surface area contributed by atoms with E-state index in [0.717, 1.165) is 17.0 Å². The Kier molecular flexibility index (Phi) is 5.60. The van der Waals surface area contributed by atoms with Gasteiger partial charge < -0.3 is 10.8 Å². The van der Waals surface area contributed by atoms with E-state index in [2.05, 4.69) is 16.8 Å². The van der Waals surface area contributed by atoms with Crippen LogP contribution < -0.4 is 5.73 Å². The summed E-state index contributed by atoms with van der Waals surface area (Å²) >= 11 is 1.51. The highest BCUT2D eigenvalue weighted by atomic mass is 35.5. The topological polar surface area (TPSA) is 62.4 Å². The molecule has 0 saturated carbocycles. The van der Waals surface area contributed by atoms with Crippen molar-refractivity contribution in [1.29, 1.82) is 0 Å². The van der Waals surface area contributed by atoms with E-state index in [1.165, 1.54) is 11.3 Å². The van der Waals surface area contributed by atoms with E-state index in [9.17, 15) is 5.11 Å². The van der Waals surface area contributed by atoms with Crippen LogP contribution in [0.1, 0.15) is 23.4 Å². The normalized spacial score (nSPS) is 12.2. The van der Waals surface area contributed by atoms with Gasteiger partial charge in [-0.1, -0.05) is 12.1 Å². The summed E-state index contributed by atoms with van der Waals surface area (Å²) in [5.41, 5.74) is 6.71. The van der Waals surface area contributed by atoms with E-state index < -0.39 is 0 Å². The zero-order chi connectivity index (χ0) is 13.1. The number of aromatic nitrogens is 1. The predicted octanol–water partition coefficient (Wildman–Crippen LogP) is 3.05. The number of thiazole rings is 1. The van der Waals surface area contributed by atoms with Crippen molar-refractivity contribution in [3.63, 3.8) is 0 Å².